The number of carbonyl (C=O) groups is 1. The quantitative estimate of drug-likeness (QED) is 0.823. The summed E-state index contributed by atoms with van der Waals surface area (Å²) in [4.78, 5) is 14.6. The summed E-state index contributed by atoms with van der Waals surface area (Å²) in [6.07, 6.45) is 1.17. The molecule has 0 bridgehead atoms. The molecule has 25 heavy (non-hydrogen) atoms. The zero-order valence-corrected chi connectivity index (χ0v) is 16.3. The second-order valence-electron chi connectivity index (χ2n) is 6.01. The minimum atomic E-state index is -3.23. The van der Waals surface area contributed by atoms with Crippen molar-refractivity contribution < 1.29 is 13.2 Å². The van der Waals surface area contributed by atoms with Crippen LogP contribution >= 0.6 is 12.4 Å². The Morgan fingerprint density at radius 1 is 1.12 bits per heavy atom. The van der Waals surface area contributed by atoms with Crippen molar-refractivity contribution in [2.45, 2.75) is 24.8 Å². The Morgan fingerprint density at radius 3 is 2.20 bits per heavy atom. The van der Waals surface area contributed by atoms with Crippen LogP contribution in [-0.2, 0) is 9.84 Å². The molecule has 0 radical (unpaired) electrons. The van der Waals surface area contributed by atoms with Gasteiger partial charge in [-0.3, -0.25) is 4.79 Å². The standard InChI is InChI=1S/C18H22N2O3S.ClH/c1-12-5-8-15(19)11-17(12)18(21)20(3)13(2)14-6-9-16(10-7-14)24(4,22)23;/h5-11,13H,19H2,1-4H3;1H. The van der Waals surface area contributed by atoms with Crippen LogP contribution in [0.4, 0.5) is 5.69 Å². The third-order valence-corrected chi connectivity index (χ3v) is 5.31. The largest absolute Gasteiger partial charge is 0.399 e. The van der Waals surface area contributed by atoms with Gasteiger partial charge in [0.05, 0.1) is 10.9 Å². The van der Waals surface area contributed by atoms with Crippen molar-refractivity contribution in [2.75, 3.05) is 19.0 Å². The number of hydrogen-bond acceptors (Lipinski definition) is 4. The molecule has 0 fully saturated rings. The number of nitrogens with two attached hydrogens (primary N) is 1. The zero-order chi connectivity index (χ0) is 18.1. The van der Waals surface area contributed by atoms with Crippen LogP contribution < -0.4 is 5.73 Å². The normalized spacial score (nSPS) is 12.2. The third-order valence-electron chi connectivity index (χ3n) is 4.18. The highest BCUT2D eigenvalue weighted by molar-refractivity contribution is 7.90. The van der Waals surface area contributed by atoms with Gasteiger partial charge in [0, 0.05) is 24.6 Å². The summed E-state index contributed by atoms with van der Waals surface area (Å²) in [5, 5.41) is 0. The van der Waals surface area contributed by atoms with E-state index in [1.54, 1.807) is 48.3 Å². The average molecular weight is 383 g/mol. The van der Waals surface area contributed by atoms with Gasteiger partial charge in [-0.25, -0.2) is 8.42 Å². The molecule has 0 aliphatic heterocycles. The number of anilines is 1. The Hall–Kier alpha value is -2.05. The predicted molar refractivity (Wildman–Crippen MR) is 103 cm³/mol. The number of carbonyl (C=O) groups excluding carboxylic acids is 1. The number of aryl methyl sites for hydroxylation is 1. The maximum Gasteiger partial charge on any atom is 0.254 e. The molecule has 2 rings (SSSR count). The minimum absolute atomic E-state index is 0. The molecule has 2 aromatic rings. The van der Waals surface area contributed by atoms with E-state index in [0.29, 0.717) is 11.3 Å². The number of nitrogens with zero attached hydrogens (tertiary/aromatic N) is 1. The highest BCUT2D eigenvalue weighted by Gasteiger charge is 2.21. The number of nitrogen functional groups attached to an aromatic ring is 1. The van der Waals surface area contributed by atoms with Gasteiger partial charge >= 0.3 is 0 Å². The number of hydrogen-bond donors (Lipinski definition) is 1. The molecule has 136 valence electrons. The van der Waals surface area contributed by atoms with Gasteiger partial charge in [-0.2, -0.15) is 0 Å². The van der Waals surface area contributed by atoms with E-state index < -0.39 is 9.84 Å². The summed E-state index contributed by atoms with van der Waals surface area (Å²) in [6.45, 7) is 3.76. The second kappa shape index (κ2) is 7.89. The van der Waals surface area contributed by atoms with Gasteiger partial charge in [-0.05, 0) is 49.2 Å². The summed E-state index contributed by atoms with van der Waals surface area (Å²) in [5.41, 5.74) is 8.62. The van der Waals surface area contributed by atoms with Crippen molar-refractivity contribution >= 4 is 33.8 Å². The van der Waals surface area contributed by atoms with Crippen LogP contribution in [0, 0.1) is 6.92 Å². The van der Waals surface area contributed by atoms with E-state index in [-0.39, 0.29) is 29.3 Å². The minimum Gasteiger partial charge on any atom is -0.399 e. The average Bonchev–Trinajstić information content (AvgIpc) is 2.54. The fourth-order valence-corrected chi connectivity index (χ4v) is 3.08. The van der Waals surface area contributed by atoms with Crippen LogP contribution in [-0.4, -0.2) is 32.5 Å². The molecule has 0 spiro atoms. The number of amides is 1. The molecule has 1 atom stereocenters. The Labute approximate surface area is 155 Å². The molecule has 2 N–H and O–H groups in total. The Morgan fingerprint density at radius 2 is 1.68 bits per heavy atom. The molecule has 7 heteroatoms. The van der Waals surface area contributed by atoms with Crippen LogP contribution in [0.25, 0.3) is 0 Å². The first-order valence-electron chi connectivity index (χ1n) is 7.54. The highest BCUT2D eigenvalue weighted by atomic mass is 35.5. The van der Waals surface area contributed by atoms with Crippen LogP contribution in [0.5, 0.6) is 0 Å². The fourth-order valence-electron chi connectivity index (χ4n) is 2.45. The first kappa shape index (κ1) is 21.0. The van der Waals surface area contributed by atoms with Gasteiger partial charge in [0.15, 0.2) is 9.84 Å². The molecule has 1 unspecified atom stereocenters. The van der Waals surface area contributed by atoms with Gasteiger partial charge in [0.1, 0.15) is 0 Å². The monoisotopic (exact) mass is 382 g/mol. The molecule has 0 aliphatic carbocycles. The van der Waals surface area contributed by atoms with E-state index in [1.807, 2.05) is 19.9 Å². The van der Waals surface area contributed by atoms with Crippen molar-refractivity contribution in [3.05, 3.63) is 59.2 Å². The molecule has 2 aromatic carbocycles. The molecule has 1 amide bonds. The van der Waals surface area contributed by atoms with Gasteiger partial charge in [-0.15, -0.1) is 12.4 Å². The lowest BCUT2D eigenvalue weighted by molar-refractivity contribution is 0.0742. The zero-order valence-electron chi connectivity index (χ0n) is 14.7. The Kier molecular flexibility index (Phi) is 6.62. The van der Waals surface area contributed by atoms with Crippen molar-refractivity contribution in [1.82, 2.24) is 4.90 Å². The van der Waals surface area contributed by atoms with Gasteiger partial charge < -0.3 is 10.6 Å². The van der Waals surface area contributed by atoms with E-state index in [1.165, 1.54) is 6.26 Å². The second-order valence-corrected chi connectivity index (χ2v) is 8.02. The number of sulfone groups is 1. The van der Waals surface area contributed by atoms with Crippen molar-refractivity contribution in [3.8, 4) is 0 Å². The lowest BCUT2D eigenvalue weighted by Gasteiger charge is -2.26. The van der Waals surface area contributed by atoms with Gasteiger partial charge in [0.25, 0.3) is 5.91 Å². The van der Waals surface area contributed by atoms with Crippen LogP contribution in [0.3, 0.4) is 0 Å². The number of benzene rings is 2. The summed E-state index contributed by atoms with van der Waals surface area (Å²) >= 11 is 0. The summed E-state index contributed by atoms with van der Waals surface area (Å²) < 4.78 is 23.1. The van der Waals surface area contributed by atoms with Crippen LogP contribution in [0.2, 0.25) is 0 Å². The lowest BCUT2D eigenvalue weighted by atomic mass is 10.0. The maximum atomic E-state index is 12.7. The van der Waals surface area contributed by atoms with Crippen molar-refractivity contribution in [2.24, 2.45) is 0 Å². The molecule has 0 aromatic heterocycles. The summed E-state index contributed by atoms with van der Waals surface area (Å²) in [5.74, 6) is -0.125. The number of halogens is 1. The number of rotatable bonds is 4. The maximum absolute atomic E-state index is 12.7. The molecular formula is C18H23ClN2O3S. The van der Waals surface area contributed by atoms with Gasteiger partial charge in [-0.1, -0.05) is 18.2 Å². The predicted octanol–water partition coefficient (Wildman–Crippen LogP) is 3.24. The topological polar surface area (TPSA) is 80.5 Å². The summed E-state index contributed by atoms with van der Waals surface area (Å²) in [7, 11) is -1.51. The highest BCUT2D eigenvalue weighted by Crippen LogP contribution is 2.24. The van der Waals surface area contributed by atoms with Crippen molar-refractivity contribution in [1.29, 1.82) is 0 Å². The molecule has 0 aliphatic rings. The molecule has 5 nitrogen and oxygen atoms in total. The molecule has 0 saturated carbocycles. The summed E-state index contributed by atoms with van der Waals surface area (Å²) in [6, 6.07) is 11.6. The Balaban J connectivity index is 0.00000312. The SMILES string of the molecule is Cc1ccc(N)cc1C(=O)N(C)C(C)c1ccc(S(C)(=O)=O)cc1.Cl. The van der Waals surface area contributed by atoms with E-state index >= 15 is 0 Å². The van der Waals surface area contributed by atoms with E-state index in [2.05, 4.69) is 0 Å². The third kappa shape index (κ3) is 4.74. The molecule has 0 heterocycles. The van der Waals surface area contributed by atoms with E-state index in [9.17, 15) is 13.2 Å². The molecule has 0 saturated heterocycles. The smallest absolute Gasteiger partial charge is 0.254 e. The van der Waals surface area contributed by atoms with Crippen LogP contribution in [0.1, 0.15) is 34.5 Å². The molecular weight excluding hydrogens is 360 g/mol. The van der Waals surface area contributed by atoms with Crippen molar-refractivity contribution in [3.63, 3.8) is 0 Å². The van der Waals surface area contributed by atoms with E-state index in [4.69, 9.17) is 5.73 Å². The lowest BCUT2D eigenvalue weighted by Crippen LogP contribution is -2.30. The Bertz CT molecular complexity index is 864. The fraction of sp³-hybridized carbons (Fsp3) is 0.278. The van der Waals surface area contributed by atoms with Gasteiger partial charge in [0.2, 0.25) is 0 Å². The van der Waals surface area contributed by atoms with E-state index in [0.717, 1.165) is 11.1 Å². The first-order valence-corrected chi connectivity index (χ1v) is 9.43. The van der Waals surface area contributed by atoms with Crippen LogP contribution in [0.15, 0.2) is 47.4 Å². The first-order chi connectivity index (χ1) is 11.1.